The average Bonchev–Trinajstić information content (AvgIpc) is 2.49. The van der Waals surface area contributed by atoms with Crippen LogP contribution in [0.2, 0.25) is 0 Å². The Hall–Kier alpha value is -3.20. The molecule has 102 valence electrons. The fourth-order valence-corrected chi connectivity index (χ4v) is 2.00. The molecule has 0 aliphatic carbocycles. The topological polar surface area (TPSA) is 87.6 Å². The molecule has 6 heteroatoms. The van der Waals surface area contributed by atoms with Crippen molar-refractivity contribution in [3.8, 4) is 6.07 Å². The number of hydrogen-bond acceptors (Lipinski definition) is 5. The van der Waals surface area contributed by atoms with Gasteiger partial charge in [0.05, 0.1) is 11.1 Å². The number of fused-ring (bicyclic) bond motifs is 1. The number of anilines is 3. The zero-order valence-corrected chi connectivity index (χ0v) is 10.8. The van der Waals surface area contributed by atoms with Crippen LogP contribution in [0.4, 0.5) is 21.6 Å². The predicted molar refractivity (Wildman–Crippen MR) is 78.3 cm³/mol. The van der Waals surface area contributed by atoms with Gasteiger partial charge in [0.2, 0.25) is 0 Å². The molecule has 0 radical (unpaired) electrons. The third-order valence-electron chi connectivity index (χ3n) is 3.01. The first-order chi connectivity index (χ1) is 10.2. The molecule has 3 rings (SSSR count). The predicted octanol–water partition coefficient (Wildman–Crippen LogP) is 2.97. The van der Waals surface area contributed by atoms with Gasteiger partial charge in [-0.15, -0.1) is 0 Å². The first kappa shape index (κ1) is 12.8. The van der Waals surface area contributed by atoms with Gasteiger partial charge >= 0.3 is 0 Å². The van der Waals surface area contributed by atoms with E-state index in [0.717, 1.165) is 5.39 Å². The molecular formula is C15H10FN5. The van der Waals surface area contributed by atoms with E-state index < -0.39 is 5.82 Å². The lowest BCUT2D eigenvalue weighted by Crippen LogP contribution is -1.97. The molecule has 1 aromatic heterocycles. The van der Waals surface area contributed by atoms with Crippen LogP contribution in [0, 0.1) is 17.1 Å². The van der Waals surface area contributed by atoms with E-state index in [1.165, 1.54) is 18.5 Å². The number of nitrogens with one attached hydrogen (secondary N) is 1. The molecular weight excluding hydrogens is 269 g/mol. The van der Waals surface area contributed by atoms with Gasteiger partial charge in [-0.1, -0.05) is 0 Å². The minimum atomic E-state index is -0.552. The van der Waals surface area contributed by atoms with Gasteiger partial charge in [0, 0.05) is 16.8 Å². The van der Waals surface area contributed by atoms with Gasteiger partial charge in [-0.05, 0) is 36.4 Å². The monoisotopic (exact) mass is 279 g/mol. The second-order valence-corrected chi connectivity index (χ2v) is 4.43. The number of benzene rings is 2. The minimum absolute atomic E-state index is 0.0254. The van der Waals surface area contributed by atoms with E-state index in [0.29, 0.717) is 22.7 Å². The summed E-state index contributed by atoms with van der Waals surface area (Å²) in [6.45, 7) is 0. The molecule has 0 aliphatic heterocycles. The van der Waals surface area contributed by atoms with Crippen LogP contribution in [0.5, 0.6) is 0 Å². The molecule has 2 aromatic carbocycles. The van der Waals surface area contributed by atoms with Crippen molar-refractivity contribution < 1.29 is 4.39 Å². The van der Waals surface area contributed by atoms with Crippen LogP contribution in [0.3, 0.4) is 0 Å². The van der Waals surface area contributed by atoms with Crippen molar-refractivity contribution in [2.45, 2.75) is 0 Å². The number of nitrogen functional groups attached to an aromatic ring is 1. The Labute approximate surface area is 119 Å². The Morgan fingerprint density at radius 2 is 2.00 bits per heavy atom. The normalized spacial score (nSPS) is 10.3. The molecule has 5 nitrogen and oxygen atoms in total. The summed E-state index contributed by atoms with van der Waals surface area (Å²) in [6, 6.07) is 11.3. The number of nitrogens with two attached hydrogens (primary N) is 1. The van der Waals surface area contributed by atoms with Crippen LogP contribution in [-0.4, -0.2) is 9.97 Å². The van der Waals surface area contributed by atoms with Crippen LogP contribution < -0.4 is 11.1 Å². The van der Waals surface area contributed by atoms with Crippen LogP contribution in [-0.2, 0) is 0 Å². The van der Waals surface area contributed by atoms with Crippen molar-refractivity contribution in [1.82, 2.24) is 9.97 Å². The van der Waals surface area contributed by atoms with E-state index >= 15 is 0 Å². The summed E-state index contributed by atoms with van der Waals surface area (Å²) in [7, 11) is 0. The lowest BCUT2D eigenvalue weighted by molar-refractivity contribution is 0.624. The Kier molecular flexibility index (Phi) is 3.09. The van der Waals surface area contributed by atoms with Crippen molar-refractivity contribution in [2.75, 3.05) is 11.1 Å². The fraction of sp³-hybridized carbons (Fsp3) is 0. The summed E-state index contributed by atoms with van der Waals surface area (Å²) in [5.74, 6) is 0.0128. The van der Waals surface area contributed by atoms with Gasteiger partial charge in [-0.2, -0.15) is 5.26 Å². The molecule has 0 bridgehead atoms. The summed E-state index contributed by atoms with van der Waals surface area (Å²) >= 11 is 0. The van der Waals surface area contributed by atoms with Crippen molar-refractivity contribution >= 4 is 28.1 Å². The summed E-state index contributed by atoms with van der Waals surface area (Å²) in [6.07, 6.45) is 1.42. The maximum Gasteiger partial charge on any atom is 0.141 e. The van der Waals surface area contributed by atoms with Gasteiger partial charge in [-0.3, -0.25) is 0 Å². The van der Waals surface area contributed by atoms with Gasteiger partial charge < -0.3 is 11.1 Å². The van der Waals surface area contributed by atoms with E-state index in [1.54, 1.807) is 24.3 Å². The Bertz CT molecular complexity index is 870. The summed E-state index contributed by atoms with van der Waals surface area (Å²) in [5, 5.41) is 12.7. The van der Waals surface area contributed by atoms with Crippen molar-refractivity contribution in [3.05, 3.63) is 54.1 Å². The number of nitrogens with zero attached hydrogens (tertiary/aromatic N) is 3. The highest BCUT2D eigenvalue weighted by Gasteiger charge is 2.07. The molecule has 0 fully saturated rings. The van der Waals surface area contributed by atoms with Crippen LogP contribution >= 0.6 is 0 Å². The van der Waals surface area contributed by atoms with Gasteiger partial charge in [0.15, 0.2) is 0 Å². The highest BCUT2D eigenvalue weighted by molar-refractivity contribution is 5.92. The smallest absolute Gasteiger partial charge is 0.141 e. The summed E-state index contributed by atoms with van der Waals surface area (Å²) in [4.78, 5) is 8.32. The second kappa shape index (κ2) is 5.06. The maximum atomic E-state index is 13.3. The van der Waals surface area contributed by atoms with Crippen molar-refractivity contribution in [3.63, 3.8) is 0 Å². The zero-order valence-electron chi connectivity index (χ0n) is 10.8. The van der Waals surface area contributed by atoms with Crippen molar-refractivity contribution in [2.24, 2.45) is 0 Å². The van der Waals surface area contributed by atoms with E-state index in [4.69, 9.17) is 11.0 Å². The van der Waals surface area contributed by atoms with Crippen LogP contribution in [0.1, 0.15) is 5.56 Å². The van der Waals surface area contributed by atoms with Gasteiger partial charge in [0.25, 0.3) is 0 Å². The molecule has 0 saturated carbocycles. The first-order valence-corrected chi connectivity index (χ1v) is 6.14. The highest BCUT2D eigenvalue weighted by atomic mass is 19.1. The number of nitriles is 1. The number of halogens is 1. The summed E-state index contributed by atoms with van der Waals surface area (Å²) < 4.78 is 13.3. The number of aromatic nitrogens is 2. The van der Waals surface area contributed by atoms with Crippen LogP contribution in [0.15, 0.2) is 42.7 Å². The Morgan fingerprint density at radius 3 is 2.81 bits per heavy atom. The summed E-state index contributed by atoms with van der Waals surface area (Å²) in [5.41, 5.74) is 7.59. The molecule has 0 unspecified atom stereocenters. The molecule has 0 aliphatic rings. The average molecular weight is 279 g/mol. The fourth-order valence-electron chi connectivity index (χ4n) is 2.00. The quantitative estimate of drug-likeness (QED) is 0.704. The largest absolute Gasteiger partial charge is 0.399 e. The van der Waals surface area contributed by atoms with Crippen LogP contribution in [0.25, 0.3) is 10.9 Å². The lowest BCUT2D eigenvalue weighted by atomic mass is 10.2. The third-order valence-corrected chi connectivity index (χ3v) is 3.01. The van der Waals surface area contributed by atoms with E-state index in [-0.39, 0.29) is 5.56 Å². The number of rotatable bonds is 2. The first-order valence-electron chi connectivity index (χ1n) is 6.14. The molecule has 1 heterocycles. The standard InChI is InChI=1S/C15H10FN5/c16-13-4-2-11(5-9(13)7-17)21-15-12-3-1-10(18)6-14(12)19-8-20-15/h1-6,8H,18H2,(H,19,20,21). The molecule has 21 heavy (non-hydrogen) atoms. The second-order valence-electron chi connectivity index (χ2n) is 4.43. The van der Waals surface area contributed by atoms with Gasteiger partial charge in [0.1, 0.15) is 24.0 Å². The molecule has 0 atom stereocenters. The number of hydrogen-bond donors (Lipinski definition) is 2. The molecule has 3 aromatic rings. The Balaban J connectivity index is 2.04. The SMILES string of the molecule is N#Cc1cc(Nc2ncnc3cc(N)ccc23)ccc1F. The highest BCUT2D eigenvalue weighted by Crippen LogP contribution is 2.25. The Morgan fingerprint density at radius 1 is 1.14 bits per heavy atom. The van der Waals surface area contributed by atoms with Gasteiger partial charge in [-0.25, -0.2) is 14.4 Å². The van der Waals surface area contributed by atoms with Crippen molar-refractivity contribution in [1.29, 1.82) is 5.26 Å². The molecule has 0 amide bonds. The maximum absolute atomic E-state index is 13.3. The molecule has 0 saturated heterocycles. The molecule has 3 N–H and O–H groups in total. The third kappa shape index (κ3) is 2.44. The minimum Gasteiger partial charge on any atom is -0.399 e. The lowest BCUT2D eigenvalue weighted by Gasteiger charge is -2.09. The zero-order chi connectivity index (χ0) is 14.8. The molecule has 0 spiro atoms. The van der Waals surface area contributed by atoms with E-state index in [9.17, 15) is 4.39 Å². The van der Waals surface area contributed by atoms with E-state index in [2.05, 4.69) is 15.3 Å². The van der Waals surface area contributed by atoms with E-state index in [1.807, 2.05) is 6.07 Å².